The highest BCUT2D eigenvalue weighted by Crippen LogP contribution is 2.30. The van der Waals surface area contributed by atoms with E-state index < -0.39 is 0 Å². The normalized spacial score (nSPS) is 20.8. The summed E-state index contributed by atoms with van der Waals surface area (Å²) in [5.41, 5.74) is 0. The van der Waals surface area contributed by atoms with Gasteiger partial charge in [0.25, 0.3) is 5.91 Å². The van der Waals surface area contributed by atoms with E-state index in [-0.39, 0.29) is 5.91 Å². The van der Waals surface area contributed by atoms with Gasteiger partial charge in [-0.05, 0) is 19.9 Å². The van der Waals surface area contributed by atoms with Gasteiger partial charge < -0.3 is 9.32 Å². The van der Waals surface area contributed by atoms with Crippen LogP contribution in [0.2, 0.25) is 0 Å². The fraction of sp³-hybridized carbons (Fsp3) is 0.667. The number of likely N-dealkylation sites (tertiary alicyclic amines) is 1. The first-order valence-corrected chi connectivity index (χ1v) is 6.09. The molecule has 5 nitrogen and oxygen atoms in total. The molecule has 0 atom stereocenters. The first-order chi connectivity index (χ1) is 8.15. The van der Waals surface area contributed by atoms with Crippen molar-refractivity contribution in [3.8, 4) is 0 Å². The van der Waals surface area contributed by atoms with Gasteiger partial charge in [0.15, 0.2) is 5.89 Å². The van der Waals surface area contributed by atoms with Crippen LogP contribution in [0.3, 0.4) is 0 Å². The SMILES string of the molecule is Cc1ncc(C(=O)N2CC(N(C)C3CC3)C2)o1. The molecule has 0 aromatic carbocycles. The molecule has 1 saturated heterocycles. The predicted molar refractivity (Wildman–Crippen MR) is 61.7 cm³/mol. The van der Waals surface area contributed by atoms with Gasteiger partial charge >= 0.3 is 0 Å². The molecule has 1 aromatic heterocycles. The lowest BCUT2D eigenvalue weighted by Gasteiger charge is -2.43. The summed E-state index contributed by atoms with van der Waals surface area (Å²) in [6, 6.07) is 1.28. The number of aryl methyl sites for hydroxylation is 1. The minimum Gasteiger partial charge on any atom is -0.436 e. The van der Waals surface area contributed by atoms with Gasteiger partial charge in [-0.25, -0.2) is 4.98 Å². The van der Waals surface area contributed by atoms with Crippen LogP contribution >= 0.6 is 0 Å². The molecular formula is C12H17N3O2. The fourth-order valence-corrected chi connectivity index (χ4v) is 2.27. The lowest BCUT2D eigenvalue weighted by molar-refractivity contribution is 0.0292. The van der Waals surface area contributed by atoms with Gasteiger partial charge in [-0.15, -0.1) is 0 Å². The number of hydrogen-bond acceptors (Lipinski definition) is 4. The molecule has 1 aliphatic heterocycles. The number of amides is 1. The molecular weight excluding hydrogens is 218 g/mol. The molecule has 2 fully saturated rings. The second-order valence-corrected chi connectivity index (χ2v) is 5.00. The standard InChI is InChI=1S/C12H17N3O2/c1-8-13-5-11(17-8)12(16)15-6-10(7-15)14(2)9-3-4-9/h5,9-10H,3-4,6-7H2,1-2H3. The lowest BCUT2D eigenvalue weighted by Crippen LogP contribution is -2.60. The zero-order valence-electron chi connectivity index (χ0n) is 10.2. The van der Waals surface area contributed by atoms with Crippen LogP contribution < -0.4 is 0 Å². The van der Waals surface area contributed by atoms with Crippen molar-refractivity contribution in [2.45, 2.75) is 31.8 Å². The van der Waals surface area contributed by atoms with E-state index in [1.807, 2.05) is 4.90 Å². The minimum absolute atomic E-state index is 0.0361. The van der Waals surface area contributed by atoms with Crippen LogP contribution in [0.25, 0.3) is 0 Å². The van der Waals surface area contributed by atoms with E-state index in [9.17, 15) is 4.79 Å². The summed E-state index contributed by atoms with van der Waals surface area (Å²) < 4.78 is 5.24. The van der Waals surface area contributed by atoms with Crippen LogP contribution in [0.1, 0.15) is 29.3 Å². The lowest BCUT2D eigenvalue weighted by atomic mass is 10.1. The van der Waals surface area contributed by atoms with Crippen molar-refractivity contribution in [2.24, 2.45) is 0 Å². The first-order valence-electron chi connectivity index (χ1n) is 6.09. The van der Waals surface area contributed by atoms with Crippen LogP contribution in [-0.2, 0) is 0 Å². The van der Waals surface area contributed by atoms with E-state index in [0.717, 1.165) is 19.1 Å². The number of oxazole rings is 1. The topological polar surface area (TPSA) is 49.6 Å². The van der Waals surface area contributed by atoms with Gasteiger partial charge in [-0.1, -0.05) is 0 Å². The van der Waals surface area contributed by atoms with Crippen molar-refractivity contribution in [3.63, 3.8) is 0 Å². The summed E-state index contributed by atoms with van der Waals surface area (Å²) in [6.45, 7) is 3.37. The Morgan fingerprint density at radius 3 is 2.71 bits per heavy atom. The number of rotatable bonds is 3. The van der Waals surface area contributed by atoms with Gasteiger partial charge in [-0.2, -0.15) is 0 Å². The van der Waals surface area contributed by atoms with E-state index >= 15 is 0 Å². The summed E-state index contributed by atoms with van der Waals surface area (Å²) >= 11 is 0. The fourth-order valence-electron chi connectivity index (χ4n) is 2.27. The second-order valence-electron chi connectivity index (χ2n) is 5.00. The Morgan fingerprint density at radius 1 is 1.47 bits per heavy atom. The van der Waals surface area contributed by atoms with Crippen LogP contribution in [0.4, 0.5) is 0 Å². The van der Waals surface area contributed by atoms with Crippen LogP contribution in [-0.4, -0.2) is 52.9 Å². The Labute approximate surface area is 100 Å². The van der Waals surface area contributed by atoms with Crippen molar-refractivity contribution < 1.29 is 9.21 Å². The Balaban J connectivity index is 1.56. The van der Waals surface area contributed by atoms with Gasteiger partial charge in [0.2, 0.25) is 5.76 Å². The largest absolute Gasteiger partial charge is 0.436 e. The van der Waals surface area contributed by atoms with Crippen molar-refractivity contribution in [1.82, 2.24) is 14.8 Å². The van der Waals surface area contributed by atoms with Crippen LogP contribution in [0.15, 0.2) is 10.6 Å². The molecule has 1 amide bonds. The van der Waals surface area contributed by atoms with E-state index in [1.165, 1.54) is 19.0 Å². The molecule has 1 aromatic rings. The van der Waals surface area contributed by atoms with E-state index in [1.54, 1.807) is 6.92 Å². The molecule has 1 saturated carbocycles. The quantitative estimate of drug-likeness (QED) is 0.781. The maximum Gasteiger partial charge on any atom is 0.291 e. The molecule has 0 unspecified atom stereocenters. The third kappa shape index (κ3) is 1.95. The number of likely N-dealkylation sites (N-methyl/N-ethyl adjacent to an activating group) is 1. The molecule has 1 aliphatic carbocycles. The smallest absolute Gasteiger partial charge is 0.291 e. The number of aromatic nitrogens is 1. The Morgan fingerprint density at radius 2 is 2.18 bits per heavy atom. The first kappa shape index (κ1) is 10.8. The molecule has 0 bridgehead atoms. The van der Waals surface area contributed by atoms with Crippen LogP contribution in [0, 0.1) is 6.92 Å². The average molecular weight is 235 g/mol. The van der Waals surface area contributed by atoms with Crippen LogP contribution in [0.5, 0.6) is 0 Å². The van der Waals surface area contributed by atoms with Crippen molar-refractivity contribution in [2.75, 3.05) is 20.1 Å². The zero-order chi connectivity index (χ0) is 12.0. The number of hydrogen-bond donors (Lipinski definition) is 0. The van der Waals surface area contributed by atoms with Gasteiger partial charge in [0, 0.05) is 32.1 Å². The van der Waals surface area contributed by atoms with Crippen molar-refractivity contribution in [3.05, 3.63) is 17.8 Å². The molecule has 92 valence electrons. The van der Waals surface area contributed by atoms with Gasteiger partial charge in [0.05, 0.1) is 6.20 Å². The summed E-state index contributed by atoms with van der Waals surface area (Å²) in [6.07, 6.45) is 4.13. The molecule has 0 N–H and O–H groups in total. The maximum absolute atomic E-state index is 12.0. The third-order valence-corrected chi connectivity index (χ3v) is 3.68. The highest BCUT2D eigenvalue weighted by Gasteiger charge is 2.40. The molecule has 2 aliphatic rings. The maximum atomic E-state index is 12.0. The summed E-state index contributed by atoms with van der Waals surface area (Å²) in [7, 11) is 2.16. The Hall–Kier alpha value is -1.36. The highest BCUT2D eigenvalue weighted by atomic mass is 16.4. The van der Waals surface area contributed by atoms with Crippen molar-refractivity contribution >= 4 is 5.91 Å². The summed E-state index contributed by atoms with van der Waals surface area (Å²) in [5.74, 6) is 0.863. The molecule has 2 heterocycles. The third-order valence-electron chi connectivity index (χ3n) is 3.68. The number of nitrogens with zero attached hydrogens (tertiary/aromatic N) is 3. The Bertz CT molecular complexity index is 433. The number of carbonyl (C=O) groups excluding carboxylic acids is 1. The van der Waals surface area contributed by atoms with E-state index in [0.29, 0.717) is 17.7 Å². The minimum atomic E-state index is -0.0361. The molecule has 0 spiro atoms. The zero-order valence-corrected chi connectivity index (χ0v) is 10.2. The summed E-state index contributed by atoms with van der Waals surface area (Å²) in [4.78, 5) is 20.1. The monoisotopic (exact) mass is 235 g/mol. The summed E-state index contributed by atoms with van der Waals surface area (Å²) in [5, 5.41) is 0. The van der Waals surface area contributed by atoms with Gasteiger partial charge in [-0.3, -0.25) is 9.69 Å². The molecule has 17 heavy (non-hydrogen) atoms. The van der Waals surface area contributed by atoms with Crippen molar-refractivity contribution in [1.29, 1.82) is 0 Å². The Kier molecular flexibility index (Phi) is 2.43. The predicted octanol–water partition coefficient (Wildman–Crippen LogP) is 0.902. The number of carbonyl (C=O) groups is 1. The highest BCUT2D eigenvalue weighted by molar-refractivity contribution is 5.91. The second kappa shape index (κ2) is 3.84. The molecule has 0 radical (unpaired) electrons. The molecule has 5 heteroatoms. The average Bonchev–Trinajstić information content (AvgIpc) is 2.99. The molecule has 3 rings (SSSR count). The van der Waals surface area contributed by atoms with Gasteiger partial charge in [0.1, 0.15) is 0 Å². The van der Waals surface area contributed by atoms with E-state index in [2.05, 4.69) is 16.9 Å². The van der Waals surface area contributed by atoms with E-state index in [4.69, 9.17) is 4.42 Å².